The molecule has 0 aromatic heterocycles. The minimum absolute atomic E-state index is 0.187. The van der Waals surface area contributed by atoms with Crippen molar-refractivity contribution in [2.24, 2.45) is 0 Å². The molecule has 4 heteroatoms. The van der Waals surface area contributed by atoms with Gasteiger partial charge in [-0.05, 0) is 25.6 Å². The molecule has 2 N–H and O–H groups in total. The maximum absolute atomic E-state index is 11.6. The molecule has 0 radical (unpaired) electrons. The highest BCUT2D eigenvalue weighted by Crippen LogP contribution is 2.01. The second-order valence-corrected chi connectivity index (χ2v) is 5.25. The van der Waals surface area contributed by atoms with Crippen LogP contribution in [0.5, 0.6) is 0 Å². The third kappa shape index (κ3) is 9.04. The molecule has 0 aliphatic heterocycles. The maximum atomic E-state index is 11.6. The lowest BCUT2D eigenvalue weighted by Crippen LogP contribution is -2.36. The van der Waals surface area contributed by atoms with Crippen LogP contribution in [0.1, 0.15) is 40.0 Å². The standard InChI is InChI=1S/C12H26N2OS/c1-5-11(9-16-4)14-12(15)7-6-8-13-10(2)3/h10-11,13H,5-9H2,1-4H3,(H,14,15). The van der Waals surface area contributed by atoms with E-state index in [0.717, 1.165) is 25.1 Å². The van der Waals surface area contributed by atoms with E-state index in [2.05, 4.69) is 37.7 Å². The lowest BCUT2D eigenvalue weighted by atomic mass is 10.2. The predicted molar refractivity (Wildman–Crippen MR) is 73.0 cm³/mol. The Morgan fingerprint density at radius 3 is 2.56 bits per heavy atom. The van der Waals surface area contributed by atoms with Crippen LogP contribution in [0.3, 0.4) is 0 Å². The molecule has 0 aliphatic rings. The van der Waals surface area contributed by atoms with Crippen molar-refractivity contribution in [3.05, 3.63) is 0 Å². The van der Waals surface area contributed by atoms with Crippen LogP contribution in [0.15, 0.2) is 0 Å². The molecular weight excluding hydrogens is 220 g/mol. The lowest BCUT2D eigenvalue weighted by Gasteiger charge is -2.15. The van der Waals surface area contributed by atoms with Gasteiger partial charge in [-0.1, -0.05) is 20.8 Å². The molecule has 0 saturated carbocycles. The Bertz CT molecular complexity index is 186. The first-order valence-corrected chi connectivity index (χ1v) is 7.51. The van der Waals surface area contributed by atoms with Gasteiger partial charge in [0.2, 0.25) is 5.91 Å². The van der Waals surface area contributed by atoms with Gasteiger partial charge in [0.15, 0.2) is 0 Å². The van der Waals surface area contributed by atoms with Gasteiger partial charge in [-0.2, -0.15) is 11.8 Å². The van der Waals surface area contributed by atoms with Gasteiger partial charge in [0.25, 0.3) is 0 Å². The van der Waals surface area contributed by atoms with Crippen LogP contribution in [0.25, 0.3) is 0 Å². The zero-order valence-corrected chi connectivity index (χ0v) is 11.8. The van der Waals surface area contributed by atoms with Gasteiger partial charge in [-0.15, -0.1) is 0 Å². The Morgan fingerprint density at radius 2 is 2.06 bits per heavy atom. The van der Waals surface area contributed by atoms with E-state index in [-0.39, 0.29) is 5.91 Å². The average Bonchev–Trinajstić information content (AvgIpc) is 2.23. The molecule has 0 spiro atoms. The zero-order chi connectivity index (χ0) is 12.4. The molecule has 1 amide bonds. The topological polar surface area (TPSA) is 41.1 Å². The molecule has 3 nitrogen and oxygen atoms in total. The van der Waals surface area contributed by atoms with E-state index in [1.807, 2.05) is 0 Å². The van der Waals surface area contributed by atoms with Crippen LogP contribution < -0.4 is 10.6 Å². The summed E-state index contributed by atoms with van der Waals surface area (Å²) >= 11 is 1.78. The number of carbonyl (C=O) groups excluding carboxylic acids is 1. The fourth-order valence-corrected chi connectivity index (χ4v) is 2.12. The number of rotatable bonds is 9. The maximum Gasteiger partial charge on any atom is 0.220 e. The van der Waals surface area contributed by atoms with Crippen molar-refractivity contribution in [2.45, 2.75) is 52.1 Å². The minimum Gasteiger partial charge on any atom is -0.353 e. The summed E-state index contributed by atoms with van der Waals surface area (Å²) in [4.78, 5) is 11.6. The van der Waals surface area contributed by atoms with Gasteiger partial charge in [0.05, 0.1) is 0 Å². The molecule has 16 heavy (non-hydrogen) atoms. The van der Waals surface area contributed by atoms with Crippen LogP contribution in [0, 0.1) is 0 Å². The smallest absolute Gasteiger partial charge is 0.220 e. The number of hydrogen-bond acceptors (Lipinski definition) is 3. The normalized spacial score (nSPS) is 12.8. The van der Waals surface area contributed by atoms with Gasteiger partial charge in [-0.3, -0.25) is 4.79 Å². The van der Waals surface area contributed by atoms with Crippen LogP contribution in [0.2, 0.25) is 0 Å². The number of hydrogen-bond donors (Lipinski definition) is 2. The molecule has 1 atom stereocenters. The Labute approximate surface area is 104 Å². The fourth-order valence-electron chi connectivity index (χ4n) is 1.40. The predicted octanol–water partition coefficient (Wildman–Crippen LogP) is 2.02. The SMILES string of the molecule is CCC(CSC)NC(=O)CCCNC(C)C. The Morgan fingerprint density at radius 1 is 1.38 bits per heavy atom. The molecule has 0 bridgehead atoms. The fraction of sp³-hybridized carbons (Fsp3) is 0.917. The number of thioether (sulfide) groups is 1. The van der Waals surface area contributed by atoms with Gasteiger partial charge >= 0.3 is 0 Å². The van der Waals surface area contributed by atoms with E-state index >= 15 is 0 Å². The average molecular weight is 246 g/mol. The Balaban J connectivity index is 3.56. The van der Waals surface area contributed by atoms with Crippen molar-refractivity contribution in [3.8, 4) is 0 Å². The third-order valence-corrected chi connectivity index (χ3v) is 3.09. The van der Waals surface area contributed by atoms with Crippen LogP contribution in [-0.2, 0) is 4.79 Å². The summed E-state index contributed by atoms with van der Waals surface area (Å²) in [6, 6.07) is 0.837. The molecule has 0 aromatic rings. The summed E-state index contributed by atoms with van der Waals surface area (Å²) in [6.45, 7) is 7.27. The van der Waals surface area contributed by atoms with E-state index < -0.39 is 0 Å². The quantitative estimate of drug-likeness (QED) is 0.612. The molecule has 0 aliphatic carbocycles. The molecule has 0 fully saturated rings. The first-order chi connectivity index (χ1) is 7.60. The summed E-state index contributed by atoms with van der Waals surface area (Å²) in [7, 11) is 0. The van der Waals surface area contributed by atoms with E-state index in [9.17, 15) is 4.79 Å². The van der Waals surface area contributed by atoms with Crippen molar-refractivity contribution >= 4 is 17.7 Å². The van der Waals surface area contributed by atoms with E-state index in [0.29, 0.717) is 18.5 Å². The molecule has 96 valence electrons. The number of amides is 1. The molecular formula is C12H26N2OS. The van der Waals surface area contributed by atoms with E-state index in [4.69, 9.17) is 0 Å². The second-order valence-electron chi connectivity index (χ2n) is 4.34. The molecule has 0 heterocycles. The molecule has 0 aromatic carbocycles. The highest BCUT2D eigenvalue weighted by molar-refractivity contribution is 7.98. The van der Waals surface area contributed by atoms with Crippen LogP contribution in [0.4, 0.5) is 0 Å². The second kappa shape index (κ2) is 9.97. The number of nitrogens with one attached hydrogen (secondary N) is 2. The van der Waals surface area contributed by atoms with Gasteiger partial charge in [-0.25, -0.2) is 0 Å². The lowest BCUT2D eigenvalue weighted by molar-refractivity contribution is -0.121. The Hall–Kier alpha value is -0.220. The van der Waals surface area contributed by atoms with Crippen molar-refractivity contribution in [2.75, 3.05) is 18.6 Å². The molecule has 0 rings (SSSR count). The van der Waals surface area contributed by atoms with Crippen LogP contribution >= 0.6 is 11.8 Å². The molecule has 1 unspecified atom stereocenters. The first kappa shape index (κ1) is 15.8. The van der Waals surface area contributed by atoms with Gasteiger partial charge < -0.3 is 10.6 Å². The Kier molecular flexibility index (Phi) is 9.83. The van der Waals surface area contributed by atoms with Crippen molar-refractivity contribution in [3.63, 3.8) is 0 Å². The van der Waals surface area contributed by atoms with Crippen molar-refractivity contribution < 1.29 is 4.79 Å². The first-order valence-electron chi connectivity index (χ1n) is 6.11. The van der Waals surface area contributed by atoms with E-state index in [1.165, 1.54) is 0 Å². The van der Waals surface area contributed by atoms with Gasteiger partial charge in [0.1, 0.15) is 0 Å². The largest absolute Gasteiger partial charge is 0.353 e. The highest BCUT2D eigenvalue weighted by atomic mass is 32.2. The van der Waals surface area contributed by atoms with Crippen molar-refractivity contribution in [1.82, 2.24) is 10.6 Å². The van der Waals surface area contributed by atoms with Gasteiger partial charge in [0, 0.05) is 24.3 Å². The zero-order valence-electron chi connectivity index (χ0n) is 11.0. The summed E-state index contributed by atoms with van der Waals surface area (Å²) in [5, 5.41) is 6.38. The summed E-state index contributed by atoms with van der Waals surface area (Å²) < 4.78 is 0. The third-order valence-electron chi connectivity index (χ3n) is 2.36. The minimum atomic E-state index is 0.187. The summed E-state index contributed by atoms with van der Waals surface area (Å²) in [5.74, 6) is 1.19. The molecule has 0 saturated heterocycles. The van der Waals surface area contributed by atoms with E-state index in [1.54, 1.807) is 11.8 Å². The highest BCUT2D eigenvalue weighted by Gasteiger charge is 2.08. The van der Waals surface area contributed by atoms with Crippen LogP contribution in [-0.4, -0.2) is 36.5 Å². The summed E-state index contributed by atoms with van der Waals surface area (Å²) in [6.07, 6.45) is 4.63. The number of carbonyl (C=O) groups is 1. The monoisotopic (exact) mass is 246 g/mol. The summed E-state index contributed by atoms with van der Waals surface area (Å²) in [5.41, 5.74) is 0. The van der Waals surface area contributed by atoms with Crippen molar-refractivity contribution in [1.29, 1.82) is 0 Å².